The molecule has 0 radical (unpaired) electrons. The van der Waals surface area contributed by atoms with Crippen LogP contribution in [0.1, 0.15) is 33.1 Å². The molecule has 0 saturated carbocycles. The van der Waals surface area contributed by atoms with E-state index in [1.807, 2.05) is 5.48 Å². The lowest BCUT2D eigenvalue weighted by molar-refractivity contribution is -0.141. The van der Waals surface area contributed by atoms with E-state index in [-0.39, 0.29) is 24.3 Å². The Kier molecular flexibility index (Phi) is 5.91. The van der Waals surface area contributed by atoms with Gasteiger partial charge in [-0.2, -0.15) is 5.48 Å². The van der Waals surface area contributed by atoms with E-state index in [2.05, 4.69) is 10.6 Å². The third-order valence-corrected chi connectivity index (χ3v) is 3.04. The first-order valence-electron chi connectivity index (χ1n) is 6.47. The van der Waals surface area contributed by atoms with Crippen molar-refractivity contribution in [3.8, 4) is 0 Å². The van der Waals surface area contributed by atoms with Crippen LogP contribution in [0.2, 0.25) is 0 Å². The maximum Gasteiger partial charge on any atom is 0.289 e. The van der Waals surface area contributed by atoms with Crippen LogP contribution >= 0.6 is 0 Å². The van der Waals surface area contributed by atoms with Crippen molar-refractivity contribution in [3.63, 3.8) is 0 Å². The van der Waals surface area contributed by atoms with Crippen molar-refractivity contribution in [1.82, 2.24) is 16.1 Å². The SMILES string of the molecule is CC(C)NC(=O)C(=O)C(CC1CCCNC1=O)NO. The lowest BCUT2D eigenvalue weighted by atomic mass is 9.90. The highest BCUT2D eigenvalue weighted by atomic mass is 16.5. The van der Waals surface area contributed by atoms with Crippen molar-refractivity contribution >= 4 is 17.6 Å². The predicted molar refractivity (Wildman–Crippen MR) is 67.3 cm³/mol. The van der Waals surface area contributed by atoms with Crippen LogP contribution < -0.4 is 16.1 Å². The van der Waals surface area contributed by atoms with Gasteiger partial charge in [0.1, 0.15) is 6.04 Å². The number of carbonyl (C=O) groups excluding carboxylic acids is 3. The Hall–Kier alpha value is -1.47. The molecule has 7 nitrogen and oxygen atoms in total. The molecule has 19 heavy (non-hydrogen) atoms. The highest BCUT2D eigenvalue weighted by molar-refractivity contribution is 6.38. The second-order valence-electron chi connectivity index (χ2n) is 5.04. The zero-order valence-electron chi connectivity index (χ0n) is 11.2. The Morgan fingerprint density at radius 2 is 2.16 bits per heavy atom. The quantitative estimate of drug-likeness (QED) is 0.379. The van der Waals surface area contributed by atoms with Gasteiger partial charge in [0, 0.05) is 18.5 Å². The normalized spacial score (nSPS) is 20.8. The Balaban J connectivity index is 2.59. The summed E-state index contributed by atoms with van der Waals surface area (Å²) in [5, 5.41) is 14.2. The third kappa shape index (κ3) is 4.60. The van der Waals surface area contributed by atoms with Gasteiger partial charge in [0.2, 0.25) is 11.7 Å². The van der Waals surface area contributed by atoms with Gasteiger partial charge in [-0.1, -0.05) is 0 Å². The number of nitrogens with one attached hydrogen (secondary N) is 3. The number of rotatable bonds is 6. The number of Topliss-reactive ketones (excluding diaryl/α,β-unsaturated/α-hetero) is 1. The largest absolute Gasteiger partial charge is 0.356 e. The van der Waals surface area contributed by atoms with Crippen molar-refractivity contribution in [3.05, 3.63) is 0 Å². The van der Waals surface area contributed by atoms with Gasteiger partial charge in [-0.15, -0.1) is 0 Å². The summed E-state index contributed by atoms with van der Waals surface area (Å²) >= 11 is 0. The van der Waals surface area contributed by atoms with Gasteiger partial charge in [-0.05, 0) is 33.1 Å². The Morgan fingerprint density at radius 3 is 2.68 bits per heavy atom. The minimum absolute atomic E-state index is 0.118. The molecular weight excluding hydrogens is 250 g/mol. The lowest BCUT2D eigenvalue weighted by Crippen LogP contribution is -2.48. The molecule has 2 unspecified atom stereocenters. The lowest BCUT2D eigenvalue weighted by Gasteiger charge is -2.24. The van der Waals surface area contributed by atoms with Crippen molar-refractivity contribution < 1.29 is 19.6 Å². The van der Waals surface area contributed by atoms with Crippen LogP contribution in [0.4, 0.5) is 0 Å². The molecular formula is C12H21N3O4. The molecule has 1 aliphatic rings. The first kappa shape index (κ1) is 15.6. The Morgan fingerprint density at radius 1 is 1.47 bits per heavy atom. The van der Waals surface area contributed by atoms with Crippen molar-refractivity contribution in [2.24, 2.45) is 5.92 Å². The van der Waals surface area contributed by atoms with Crippen LogP contribution in [0, 0.1) is 5.92 Å². The monoisotopic (exact) mass is 271 g/mol. The van der Waals surface area contributed by atoms with Crippen LogP contribution in [-0.4, -0.2) is 41.4 Å². The molecule has 1 heterocycles. The van der Waals surface area contributed by atoms with E-state index >= 15 is 0 Å². The summed E-state index contributed by atoms with van der Waals surface area (Å²) in [4.78, 5) is 35.0. The summed E-state index contributed by atoms with van der Waals surface area (Å²) in [6.45, 7) is 4.11. The summed E-state index contributed by atoms with van der Waals surface area (Å²) in [6, 6.07) is -1.21. The molecule has 0 aliphatic carbocycles. The van der Waals surface area contributed by atoms with E-state index in [0.717, 1.165) is 6.42 Å². The molecule has 0 aromatic heterocycles. The molecule has 2 amide bonds. The van der Waals surface area contributed by atoms with Gasteiger partial charge in [-0.25, -0.2) is 0 Å². The van der Waals surface area contributed by atoms with Gasteiger partial charge in [-0.3, -0.25) is 14.4 Å². The van der Waals surface area contributed by atoms with E-state index < -0.39 is 17.7 Å². The van der Waals surface area contributed by atoms with Crippen molar-refractivity contribution in [2.45, 2.75) is 45.2 Å². The maximum absolute atomic E-state index is 11.8. The summed E-state index contributed by atoms with van der Waals surface area (Å²) < 4.78 is 0. The highest BCUT2D eigenvalue weighted by Gasteiger charge is 2.31. The number of hydroxylamine groups is 1. The standard InChI is InChI=1S/C12H21N3O4/c1-7(2)14-12(18)10(16)9(15-19)6-8-4-3-5-13-11(8)17/h7-9,15,19H,3-6H2,1-2H3,(H,13,17)(H,14,18). The molecule has 0 bridgehead atoms. The maximum atomic E-state index is 11.8. The summed E-state index contributed by atoms with van der Waals surface area (Å²) in [5.41, 5.74) is 1.83. The van der Waals surface area contributed by atoms with Gasteiger partial charge in [0.05, 0.1) is 0 Å². The van der Waals surface area contributed by atoms with Gasteiger partial charge in [0.25, 0.3) is 5.91 Å². The second-order valence-corrected chi connectivity index (χ2v) is 5.04. The number of ketones is 1. The minimum Gasteiger partial charge on any atom is -0.356 e. The molecule has 1 saturated heterocycles. The van der Waals surface area contributed by atoms with Crippen molar-refractivity contribution in [1.29, 1.82) is 0 Å². The fourth-order valence-corrected chi connectivity index (χ4v) is 2.05. The fourth-order valence-electron chi connectivity index (χ4n) is 2.05. The molecule has 108 valence electrons. The number of carbonyl (C=O) groups is 3. The zero-order valence-corrected chi connectivity index (χ0v) is 11.2. The summed E-state index contributed by atoms with van der Waals surface area (Å²) in [6.07, 6.45) is 1.61. The molecule has 1 aliphatic heterocycles. The highest BCUT2D eigenvalue weighted by Crippen LogP contribution is 2.17. The molecule has 4 N–H and O–H groups in total. The smallest absolute Gasteiger partial charge is 0.289 e. The topological polar surface area (TPSA) is 108 Å². The average molecular weight is 271 g/mol. The van der Waals surface area contributed by atoms with E-state index in [9.17, 15) is 14.4 Å². The number of amides is 2. The predicted octanol–water partition coefficient (Wildman–Crippen LogP) is -0.656. The van der Waals surface area contributed by atoms with Gasteiger partial charge >= 0.3 is 0 Å². The van der Waals surface area contributed by atoms with E-state index in [0.29, 0.717) is 13.0 Å². The van der Waals surface area contributed by atoms with Crippen LogP contribution in [0.15, 0.2) is 0 Å². The molecule has 2 atom stereocenters. The van der Waals surface area contributed by atoms with Crippen LogP contribution in [0.5, 0.6) is 0 Å². The number of hydrogen-bond donors (Lipinski definition) is 4. The van der Waals surface area contributed by atoms with E-state index in [1.54, 1.807) is 13.8 Å². The second kappa shape index (κ2) is 7.20. The van der Waals surface area contributed by atoms with Gasteiger partial charge in [0.15, 0.2) is 0 Å². The zero-order chi connectivity index (χ0) is 14.4. The van der Waals surface area contributed by atoms with Crippen LogP contribution in [-0.2, 0) is 14.4 Å². The molecule has 1 rings (SSSR count). The summed E-state index contributed by atoms with van der Waals surface area (Å²) in [7, 11) is 0. The Bertz CT molecular complexity index is 357. The average Bonchev–Trinajstić information content (AvgIpc) is 2.36. The minimum atomic E-state index is -1.05. The van der Waals surface area contributed by atoms with E-state index in [4.69, 9.17) is 5.21 Å². The first-order chi connectivity index (χ1) is 8.95. The van der Waals surface area contributed by atoms with Gasteiger partial charge < -0.3 is 15.8 Å². The Labute approximate surface area is 112 Å². The molecule has 0 aromatic rings. The third-order valence-electron chi connectivity index (χ3n) is 3.04. The number of hydrogen-bond acceptors (Lipinski definition) is 5. The first-order valence-corrected chi connectivity index (χ1v) is 6.47. The van der Waals surface area contributed by atoms with Crippen LogP contribution in [0.3, 0.4) is 0 Å². The molecule has 0 spiro atoms. The molecule has 7 heteroatoms. The summed E-state index contributed by atoms with van der Waals surface area (Å²) in [5.74, 6) is -2.00. The van der Waals surface area contributed by atoms with Crippen LogP contribution in [0.25, 0.3) is 0 Å². The number of piperidine rings is 1. The van der Waals surface area contributed by atoms with E-state index in [1.165, 1.54) is 0 Å². The van der Waals surface area contributed by atoms with Crippen molar-refractivity contribution in [2.75, 3.05) is 6.54 Å². The fraction of sp³-hybridized carbons (Fsp3) is 0.750. The molecule has 1 fully saturated rings. The molecule has 0 aromatic carbocycles.